The molecule has 1 fully saturated rings. The topological polar surface area (TPSA) is 32.3 Å². The van der Waals surface area contributed by atoms with Gasteiger partial charge in [-0.1, -0.05) is 40.9 Å². The Kier molecular flexibility index (Phi) is 6.35. The molecule has 3 heteroatoms. The van der Waals surface area contributed by atoms with Crippen LogP contribution in [-0.4, -0.2) is 24.3 Å². The summed E-state index contributed by atoms with van der Waals surface area (Å²) in [6.45, 7) is 1.47. The van der Waals surface area contributed by atoms with Crippen molar-refractivity contribution in [1.29, 1.82) is 0 Å². The molecule has 0 amide bonds. The Morgan fingerprint density at radius 3 is 2.42 bits per heavy atom. The first-order valence-corrected chi connectivity index (χ1v) is 8.18. The lowest BCUT2D eigenvalue weighted by atomic mass is 9.76. The lowest BCUT2D eigenvalue weighted by molar-refractivity contribution is 0.277. The Morgan fingerprint density at radius 2 is 1.74 bits per heavy atom. The fourth-order valence-corrected chi connectivity index (χ4v) is 2.95. The average Bonchev–Trinajstić information content (AvgIpc) is 2.37. The van der Waals surface area contributed by atoms with Crippen molar-refractivity contribution in [3.63, 3.8) is 0 Å². The maximum absolute atomic E-state index is 8.69. The van der Waals surface area contributed by atoms with Crippen molar-refractivity contribution in [2.24, 2.45) is 0 Å². The number of nitrogens with one attached hydrogen (secondary N) is 1. The van der Waals surface area contributed by atoms with E-state index in [2.05, 4.69) is 45.5 Å². The van der Waals surface area contributed by atoms with E-state index in [9.17, 15) is 0 Å². The summed E-state index contributed by atoms with van der Waals surface area (Å²) in [7, 11) is 0. The van der Waals surface area contributed by atoms with Crippen LogP contribution in [0.1, 0.15) is 50.0 Å². The second-order valence-corrected chi connectivity index (χ2v) is 6.42. The summed E-state index contributed by atoms with van der Waals surface area (Å²) in [5.41, 5.74) is 1.48. The summed E-state index contributed by atoms with van der Waals surface area (Å²) in [4.78, 5) is 0. The van der Waals surface area contributed by atoms with Crippen LogP contribution in [0, 0.1) is 0 Å². The fourth-order valence-electron chi connectivity index (χ4n) is 2.69. The zero-order chi connectivity index (χ0) is 13.5. The largest absolute Gasteiger partial charge is 0.396 e. The fraction of sp³-hybridized carbons (Fsp3) is 0.625. The third-order valence-electron chi connectivity index (χ3n) is 4.00. The molecule has 0 saturated heterocycles. The van der Waals surface area contributed by atoms with E-state index < -0.39 is 0 Å². The van der Waals surface area contributed by atoms with E-state index in [1.54, 1.807) is 0 Å². The molecule has 0 aliphatic heterocycles. The number of aliphatic hydroxyl groups is 1. The number of hydrogen-bond acceptors (Lipinski definition) is 2. The van der Waals surface area contributed by atoms with Gasteiger partial charge in [-0.25, -0.2) is 0 Å². The Balaban J connectivity index is 1.55. The SMILES string of the molecule is OCCCCCCNC1CC(c2ccc(Br)cc2)C1. The predicted octanol–water partition coefficient (Wildman–Crippen LogP) is 3.84. The molecular formula is C16H24BrNO. The first kappa shape index (κ1) is 15.0. The van der Waals surface area contributed by atoms with Crippen LogP contribution in [0.2, 0.25) is 0 Å². The Bertz CT molecular complexity index is 360. The van der Waals surface area contributed by atoms with Gasteiger partial charge in [0.25, 0.3) is 0 Å². The second kappa shape index (κ2) is 8.03. The standard InChI is InChI=1S/C16H24BrNO/c17-15-7-5-13(6-8-15)14-11-16(12-14)18-9-3-1-2-4-10-19/h5-8,14,16,18-19H,1-4,9-12H2. The van der Waals surface area contributed by atoms with E-state index in [0.717, 1.165) is 29.8 Å². The minimum Gasteiger partial charge on any atom is -0.396 e. The molecule has 2 N–H and O–H groups in total. The molecule has 106 valence electrons. The quantitative estimate of drug-likeness (QED) is 0.712. The second-order valence-electron chi connectivity index (χ2n) is 5.51. The Labute approximate surface area is 124 Å². The summed E-state index contributed by atoms with van der Waals surface area (Å²) in [6, 6.07) is 9.46. The van der Waals surface area contributed by atoms with Gasteiger partial charge in [-0.05, 0) is 55.8 Å². The van der Waals surface area contributed by atoms with Crippen molar-refractivity contribution in [1.82, 2.24) is 5.32 Å². The van der Waals surface area contributed by atoms with Crippen molar-refractivity contribution < 1.29 is 5.11 Å². The smallest absolute Gasteiger partial charge is 0.0431 e. The van der Waals surface area contributed by atoms with Gasteiger partial charge >= 0.3 is 0 Å². The van der Waals surface area contributed by atoms with Crippen molar-refractivity contribution in [3.05, 3.63) is 34.3 Å². The molecule has 19 heavy (non-hydrogen) atoms. The number of hydrogen-bond donors (Lipinski definition) is 2. The molecule has 0 heterocycles. The average molecular weight is 326 g/mol. The summed E-state index contributed by atoms with van der Waals surface area (Å²) < 4.78 is 1.16. The van der Waals surface area contributed by atoms with E-state index >= 15 is 0 Å². The van der Waals surface area contributed by atoms with E-state index in [1.807, 2.05) is 0 Å². The summed E-state index contributed by atoms with van der Waals surface area (Å²) in [5, 5.41) is 12.3. The molecule has 1 aliphatic carbocycles. The highest BCUT2D eigenvalue weighted by Gasteiger charge is 2.29. The lowest BCUT2D eigenvalue weighted by Gasteiger charge is -2.36. The first-order valence-electron chi connectivity index (χ1n) is 7.39. The van der Waals surface area contributed by atoms with Crippen molar-refractivity contribution in [2.75, 3.05) is 13.2 Å². The van der Waals surface area contributed by atoms with E-state index in [-0.39, 0.29) is 0 Å². The molecule has 0 spiro atoms. The molecule has 0 bridgehead atoms. The Hall–Kier alpha value is -0.380. The number of halogens is 1. The molecule has 2 rings (SSSR count). The van der Waals surface area contributed by atoms with Crippen LogP contribution >= 0.6 is 15.9 Å². The number of aliphatic hydroxyl groups excluding tert-OH is 1. The molecule has 0 atom stereocenters. The summed E-state index contributed by atoms with van der Waals surface area (Å²) in [5.74, 6) is 0.750. The summed E-state index contributed by atoms with van der Waals surface area (Å²) >= 11 is 3.48. The maximum Gasteiger partial charge on any atom is 0.0431 e. The van der Waals surface area contributed by atoms with Gasteiger partial charge in [0.1, 0.15) is 0 Å². The maximum atomic E-state index is 8.69. The molecule has 2 nitrogen and oxygen atoms in total. The van der Waals surface area contributed by atoms with Gasteiger partial charge in [-0.2, -0.15) is 0 Å². The van der Waals surface area contributed by atoms with Crippen LogP contribution in [0.15, 0.2) is 28.7 Å². The van der Waals surface area contributed by atoms with E-state index in [1.165, 1.54) is 31.2 Å². The van der Waals surface area contributed by atoms with E-state index in [0.29, 0.717) is 12.6 Å². The van der Waals surface area contributed by atoms with Crippen molar-refractivity contribution in [2.45, 2.75) is 50.5 Å². The molecule has 0 unspecified atom stereocenters. The van der Waals surface area contributed by atoms with Gasteiger partial charge in [-0.15, -0.1) is 0 Å². The number of benzene rings is 1. The van der Waals surface area contributed by atoms with Crippen LogP contribution in [0.4, 0.5) is 0 Å². The van der Waals surface area contributed by atoms with Gasteiger partial charge in [0.15, 0.2) is 0 Å². The van der Waals surface area contributed by atoms with Crippen LogP contribution < -0.4 is 5.32 Å². The summed E-state index contributed by atoms with van der Waals surface area (Å²) in [6.07, 6.45) is 7.13. The van der Waals surface area contributed by atoms with Gasteiger partial charge in [0.05, 0.1) is 0 Å². The Morgan fingerprint density at radius 1 is 1.05 bits per heavy atom. The third kappa shape index (κ3) is 4.90. The van der Waals surface area contributed by atoms with Crippen LogP contribution in [0.5, 0.6) is 0 Å². The molecular weight excluding hydrogens is 302 g/mol. The third-order valence-corrected chi connectivity index (χ3v) is 4.53. The highest BCUT2D eigenvalue weighted by atomic mass is 79.9. The zero-order valence-corrected chi connectivity index (χ0v) is 13.0. The normalized spacial score (nSPS) is 22.2. The molecule has 1 aromatic rings. The molecule has 1 aliphatic rings. The minimum atomic E-state index is 0.338. The van der Waals surface area contributed by atoms with E-state index in [4.69, 9.17) is 5.11 Å². The van der Waals surface area contributed by atoms with Crippen molar-refractivity contribution in [3.8, 4) is 0 Å². The monoisotopic (exact) mass is 325 g/mol. The molecule has 0 aromatic heterocycles. The van der Waals surface area contributed by atoms with Crippen molar-refractivity contribution >= 4 is 15.9 Å². The van der Waals surface area contributed by atoms with Gasteiger partial charge in [0.2, 0.25) is 0 Å². The molecule has 1 aromatic carbocycles. The highest BCUT2D eigenvalue weighted by Crippen LogP contribution is 2.37. The first-order chi connectivity index (χ1) is 9.29. The zero-order valence-electron chi connectivity index (χ0n) is 11.4. The van der Waals surface area contributed by atoms with Gasteiger partial charge in [-0.3, -0.25) is 0 Å². The highest BCUT2D eigenvalue weighted by molar-refractivity contribution is 9.10. The predicted molar refractivity (Wildman–Crippen MR) is 83.5 cm³/mol. The molecule has 1 saturated carbocycles. The molecule has 0 radical (unpaired) electrons. The number of rotatable bonds is 8. The van der Waals surface area contributed by atoms with Gasteiger partial charge < -0.3 is 10.4 Å². The van der Waals surface area contributed by atoms with Crippen LogP contribution in [-0.2, 0) is 0 Å². The minimum absolute atomic E-state index is 0.338. The van der Waals surface area contributed by atoms with Crippen LogP contribution in [0.3, 0.4) is 0 Å². The van der Waals surface area contributed by atoms with Crippen LogP contribution in [0.25, 0.3) is 0 Å². The number of unbranched alkanes of at least 4 members (excludes halogenated alkanes) is 3. The lowest BCUT2D eigenvalue weighted by Crippen LogP contribution is -2.40. The van der Waals surface area contributed by atoms with Gasteiger partial charge in [0, 0.05) is 17.1 Å².